The summed E-state index contributed by atoms with van der Waals surface area (Å²) in [6.07, 6.45) is 1.09. The van der Waals surface area contributed by atoms with Gasteiger partial charge in [0.25, 0.3) is 5.91 Å². The van der Waals surface area contributed by atoms with Crippen molar-refractivity contribution >= 4 is 18.3 Å². The van der Waals surface area contributed by atoms with E-state index in [0.29, 0.717) is 6.04 Å². The number of carbonyl (C=O) groups excluding carboxylic acids is 1. The summed E-state index contributed by atoms with van der Waals surface area (Å²) in [6, 6.07) is 10.9. The molecule has 0 saturated carbocycles. The number of aromatic nitrogens is 1. The number of hydrogen-bond donors (Lipinski definition) is 1. The number of likely N-dealkylation sites (tertiary alicyclic amines) is 1. The van der Waals surface area contributed by atoms with Gasteiger partial charge in [-0.2, -0.15) is 0 Å². The number of aryl methyl sites for hydroxylation is 2. The Morgan fingerprint density at radius 3 is 2.50 bits per heavy atom. The van der Waals surface area contributed by atoms with Crippen molar-refractivity contribution in [3.05, 3.63) is 52.8 Å². The zero-order chi connectivity index (χ0) is 19.0. The molecular formula is C22H31ClN4O. The molecule has 2 aromatic rings. The average molecular weight is 403 g/mol. The number of amides is 1. The van der Waals surface area contributed by atoms with Crippen LogP contribution in [0.4, 0.5) is 0 Å². The first-order valence-corrected chi connectivity index (χ1v) is 10.0. The third-order valence-corrected chi connectivity index (χ3v) is 6.14. The molecule has 0 bridgehead atoms. The van der Waals surface area contributed by atoms with Crippen LogP contribution >= 0.6 is 12.4 Å². The van der Waals surface area contributed by atoms with E-state index >= 15 is 0 Å². The molecule has 1 aromatic heterocycles. The molecule has 0 radical (unpaired) electrons. The Bertz CT molecular complexity index is 841. The van der Waals surface area contributed by atoms with Gasteiger partial charge in [-0.3, -0.25) is 9.69 Å². The van der Waals surface area contributed by atoms with Gasteiger partial charge in [-0.25, -0.2) is 0 Å². The molecule has 2 fully saturated rings. The van der Waals surface area contributed by atoms with Crippen molar-refractivity contribution in [1.29, 1.82) is 0 Å². The van der Waals surface area contributed by atoms with E-state index in [2.05, 4.69) is 70.8 Å². The molecule has 1 N–H and O–H groups in total. The monoisotopic (exact) mass is 402 g/mol. The van der Waals surface area contributed by atoms with Gasteiger partial charge in [-0.1, -0.05) is 18.2 Å². The molecule has 1 aromatic carbocycles. The number of rotatable bonds is 3. The Kier molecular flexibility index (Phi) is 6.48. The average Bonchev–Trinajstić information content (AvgIpc) is 3.28. The fraction of sp³-hybridized carbons (Fsp3) is 0.500. The lowest BCUT2D eigenvalue weighted by atomic mass is 10.2. The third kappa shape index (κ3) is 3.84. The standard InChI is InChI=1S/C22H30N4O.ClH/c1-16-6-4-5-7-21(16)26-17(2)14-20(18(26)3)22(27)25-11-8-19(15-25)24-12-9-23-10-13-24;/h4-7,14,19,23H,8-13,15H2,1-3H3;1H. The Morgan fingerprint density at radius 1 is 1.07 bits per heavy atom. The highest BCUT2D eigenvalue weighted by Crippen LogP contribution is 2.26. The van der Waals surface area contributed by atoms with Crippen LogP contribution in [0.1, 0.15) is 33.7 Å². The number of halogens is 1. The smallest absolute Gasteiger partial charge is 0.255 e. The van der Waals surface area contributed by atoms with Crippen molar-refractivity contribution in [2.45, 2.75) is 33.2 Å². The molecule has 1 atom stereocenters. The van der Waals surface area contributed by atoms with Crippen LogP contribution in [0.25, 0.3) is 5.69 Å². The number of benzene rings is 1. The van der Waals surface area contributed by atoms with Crippen LogP contribution in [0, 0.1) is 20.8 Å². The summed E-state index contributed by atoms with van der Waals surface area (Å²) in [5.41, 5.74) is 5.38. The molecule has 152 valence electrons. The molecule has 1 amide bonds. The number of piperazine rings is 1. The second kappa shape index (κ2) is 8.68. The predicted molar refractivity (Wildman–Crippen MR) is 116 cm³/mol. The van der Waals surface area contributed by atoms with Crippen molar-refractivity contribution in [3.63, 3.8) is 0 Å². The summed E-state index contributed by atoms with van der Waals surface area (Å²) in [4.78, 5) is 17.9. The maximum atomic E-state index is 13.3. The summed E-state index contributed by atoms with van der Waals surface area (Å²) >= 11 is 0. The maximum absolute atomic E-state index is 13.3. The molecule has 0 aliphatic carbocycles. The highest BCUT2D eigenvalue weighted by molar-refractivity contribution is 5.96. The molecule has 2 aliphatic rings. The number of para-hydroxylation sites is 1. The van der Waals surface area contributed by atoms with Crippen molar-refractivity contribution in [1.82, 2.24) is 19.7 Å². The lowest BCUT2D eigenvalue weighted by Crippen LogP contribution is -2.49. The molecule has 0 spiro atoms. The van der Waals surface area contributed by atoms with Gasteiger partial charge < -0.3 is 14.8 Å². The minimum Gasteiger partial charge on any atom is -0.337 e. The van der Waals surface area contributed by atoms with Gasteiger partial charge in [-0.15, -0.1) is 12.4 Å². The quantitative estimate of drug-likeness (QED) is 0.858. The van der Waals surface area contributed by atoms with Crippen molar-refractivity contribution < 1.29 is 4.79 Å². The van der Waals surface area contributed by atoms with E-state index in [9.17, 15) is 4.79 Å². The van der Waals surface area contributed by atoms with E-state index in [0.717, 1.165) is 68.3 Å². The van der Waals surface area contributed by atoms with Crippen LogP contribution in [0.5, 0.6) is 0 Å². The van der Waals surface area contributed by atoms with Gasteiger partial charge in [0.15, 0.2) is 0 Å². The molecule has 5 nitrogen and oxygen atoms in total. The first-order chi connectivity index (χ1) is 13.1. The van der Waals surface area contributed by atoms with Gasteiger partial charge in [0.1, 0.15) is 0 Å². The largest absolute Gasteiger partial charge is 0.337 e. The normalized spacial score (nSPS) is 20.2. The molecule has 2 aliphatic heterocycles. The Balaban J connectivity index is 0.00000225. The topological polar surface area (TPSA) is 40.5 Å². The summed E-state index contributed by atoms with van der Waals surface area (Å²) in [7, 11) is 0. The summed E-state index contributed by atoms with van der Waals surface area (Å²) < 4.78 is 2.21. The SMILES string of the molecule is Cc1ccccc1-n1c(C)cc(C(=O)N2CCC(N3CCNCC3)C2)c1C.Cl. The predicted octanol–water partition coefficient (Wildman–Crippen LogP) is 2.94. The van der Waals surface area contributed by atoms with Gasteiger partial charge in [-0.05, 0) is 44.9 Å². The van der Waals surface area contributed by atoms with Crippen molar-refractivity contribution in [2.75, 3.05) is 39.3 Å². The van der Waals surface area contributed by atoms with E-state index in [1.54, 1.807) is 0 Å². The van der Waals surface area contributed by atoms with Crippen LogP contribution in [-0.2, 0) is 0 Å². The number of hydrogen-bond acceptors (Lipinski definition) is 3. The fourth-order valence-corrected chi connectivity index (χ4v) is 4.61. The Morgan fingerprint density at radius 2 is 1.79 bits per heavy atom. The first kappa shape index (κ1) is 20.9. The molecule has 3 heterocycles. The van der Waals surface area contributed by atoms with E-state index in [1.165, 1.54) is 5.56 Å². The van der Waals surface area contributed by atoms with Gasteiger partial charge in [0.05, 0.1) is 5.56 Å². The third-order valence-electron chi connectivity index (χ3n) is 6.14. The lowest BCUT2D eigenvalue weighted by molar-refractivity contribution is 0.0773. The van der Waals surface area contributed by atoms with Gasteiger partial charge in [0.2, 0.25) is 0 Å². The van der Waals surface area contributed by atoms with E-state index in [4.69, 9.17) is 0 Å². The minimum atomic E-state index is 0. The molecule has 2 saturated heterocycles. The molecule has 4 rings (SSSR count). The first-order valence-electron chi connectivity index (χ1n) is 10.0. The minimum absolute atomic E-state index is 0. The zero-order valence-corrected chi connectivity index (χ0v) is 17.9. The maximum Gasteiger partial charge on any atom is 0.255 e. The van der Waals surface area contributed by atoms with E-state index in [-0.39, 0.29) is 18.3 Å². The molecular weight excluding hydrogens is 372 g/mol. The zero-order valence-electron chi connectivity index (χ0n) is 17.1. The second-order valence-electron chi connectivity index (χ2n) is 7.89. The van der Waals surface area contributed by atoms with E-state index in [1.807, 2.05) is 0 Å². The Hall–Kier alpha value is -1.82. The fourth-order valence-electron chi connectivity index (χ4n) is 4.61. The van der Waals surface area contributed by atoms with Gasteiger partial charge in [0, 0.05) is 62.4 Å². The highest BCUT2D eigenvalue weighted by Gasteiger charge is 2.32. The number of carbonyl (C=O) groups is 1. The number of nitrogens with zero attached hydrogens (tertiary/aromatic N) is 3. The van der Waals surface area contributed by atoms with Gasteiger partial charge >= 0.3 is 0 Å². The Labute approximate surface area is 174 Å². The molecule has 1 unspecified atom stereocenters. The summed E-state index contributed by atoms with van der Waals surface area (Å²) in [5.74, 6) is 0.181. The van der Waals surface area contributed by atoms with Crippen molar-refractivity contribution in [3.8, 4) is 5.69 Å². The summed E-state index contributed by atoms with van der Waals surface area (Å²) in [6.45, 7) is 12.3. The van der Waals surface area contributed by atoms with Crippen LogP contribution in [-0.4, -0.2) is 65.6 Å². The van der Waals surface area contributed by atoms with Crippen LogP contribution in [0.3, 0.4) is 0 Å². The van der Waals surface area contributed by atoms with Crippen LogP contribution in [0.2, 0.25) is 0 Å². The summed E-state index contributed by atoms with van der Waals surface area (Å²) in [5, 5.41) is 3.41. The van der Waals surface area contributed by atoms with E-state index < -0.39 is 0 Å². The van der Waals surface area contributed by atoms with Crippen LogP contribution < -0.4 is 5.32 Å². The van der Waals surface area contributed by atoms with Crippen molar-refractivity contribution in [2.24, 2.45) is 0 Å². The number of nitrogens with one attached hydrogen (secondary N) is 1. The molecule has 6 heteroatoms. The second-order valence-corrected chi connectivity index (χ2v) is 7.89. The molecule has 28 heavy (non-hydrogen) atoms. The van der Waals surface area contributed by atoms with Crippen LogP contribution in [0.15, 0.2) is 30.3 Å². The highest BCUT2D eigenvalue weighted by atomic mass is 35.5. The lowest BCUT2D eigenvalue weighted by Gasteiger charge is -2.32.